The Balaban J connectivity index is 1.65. The lowest BCUT2D eigenvalue weighted by atomic mass is 10.2. The molecule has 0 aliphatic heterocycles. The van der Waals surface area contributed by atoms with E-state index in [1.807, 2.05) is 0 Å². The van der Waals surface area contributed by atoms with Crippen LogP contribution in [-0.2, 0) is 14.6 Å². The van der Waals surface area contributed by atoms with Gasteiger partial charge in [-0.15, -0.1) is 10.2 Å². The Labute approximate surface area is 167 Å². The van der Waals surface area contributed by atoms with Crippen LogP contribution < -0.4 is 16.0 Å². The van der Waals surface area contributed by atoms with Crippen LogP contribution in [0.5, 0.6) is 0 Å². The highest BCUT2D eigenvalue weighted by Crippen LogP contribution is 2.70. The summed E-state index contributed by atoms with van der Waals surface area (Å²) in [5.41, 5.74) is 0.315. The van der Waals surface area contributed by atoms with Crippen molar-refractivity contribution in [2.45, 2.75) is 24.2 Å². The third-order valence-corrected chi connectivity index (χ3v) is 6.44. The van der Waals surface area contributed by atoms with Crippen molar-refractivity contribution in [2.75, 3.05) is 23.9 Å². The average molecular weight is 416 g/mol. The van der Waals surface area contributed by atoms with Crippen LogP contribution in [0.3, 0.4) is 0 Å². The second-order valence-electron chi connectivity index (χ2n) is 7.43. The third-order valence-electron chi connectivity index (χ3n) is 5.31. The molecule has 152 valence electrons. The summed E-state index contributed by atoms with van der Waals surface area (Å²) in [6.45, 7) is 0. The van der Waals surface area contributed by atoms with E-state index in [0.29, 0.717) is 0 Å². The highest BCUT2D eigenvalue weighted by Gasteiger charge is 2.65. The number of amides is 2. The number of pyridine rings is 1. The molecule has 1 atom stereocenters. The summed E-state index contributed by atoms with van der Waals surface area (Å²) >= 11 is 0. The Hall–Kier alpha value is -3.08. The van der Waals surface area contributed by atoms with Gasteiger partial charge in [0.25, 0.3) is 5.91 Å². The quantitative estimate of drug-likeness (QED) is 0.636. The van der Waals surface area contributed by atoms with Crippen LogP contribution in [0.2, 0.25) is 0 Å². The molecule has 0 aromatic carbocycles. The van der Waals surface area contributed by atoms with Crippen LogP contribution >= 0.6 is 0 Å². The fourth-order valence-electron chi connectivity index (χ4n) is 3.39. The smallest absolute Gasteiger partial charge is 0.273 e. The Kier molecular flexibility index (Phi) is 4.49. The van der Waals surface area contributed by atoms with Crippen molar-refractivity contribution in [3.8, 4) is 0 Å². The summed E-state index contributed by atoms with van der Waals surface area (Å²) in [6.07, 6.45) is 5.53. The fourth-order valence-corrected chi connectivity index (χ4v) is 4.17. The summed E-state index contributed by atoms with van der Waals surface area (Å²) in [4.78, 5) is 28.6. The zero-order chi connectivity index (χ0) is 20.8. The molecule has 0 saturated heterocycles. The monoisotopic (exact) mass is 416 g/mol. The van der Waals surface area contributed by atoms with Crippen molar-refractivity contribution >= 4 is 39.0 Å². The van der Waals surface area contributed by atoms with Crippen molar-refractivity contribution in [1.82, 2.24) is 20.5 Å². The summed E-state index contributed by atoms with van der Waals surface area (Å²) in [7, 11) is -2.12. The Morgan fingerprint density at radius 3 is 2.62 bits per heavy atom. The molecule has 2 aromatic heterocycles. The zero-order valence-corrected chi connectivity index (χ0v) is 16.7. The van der Waals surface area contributed by atoms with Crippen LogP contribution in [0.1, 0.15) is 29.8 Å². The van der Waals surface area contributed by atoms with E-state index in [-0.39, 0.29) is 45.2 Å². The molecule has 11 heteroatoms. The van der Waals surface area contributed by atoms with E-state index in [1.54, 1.807) is 0 Å². The van der Waals surface area contributed by atoms with Gasteiger partial charge in [0.1, 0.15) is 10.7 Å². The molecule has 3 N–H and O–H groups in total. The van der Waals surface area contributed by atoms with Crippen LogP contribution in [0.4, 0.5) is 17.3 Å². The molecule has 29 heavy (non-hydrogen) atoms. The lowest BCUT2D eigenvalue weighted by molar-refractivity contribution is -0.117. The van der Waals surface area contributed by atoms with E-state index in [0.717, 1.165) is 25.5 Å². The van der Waals surface area contributed by atoms with Crippen molar-refractivity contribution in [3.63, 3.8) is 0 Å². The first-order valence-corrected chi connectivity index (χ1v) is 11.0. The molecule has 1 spiro atoms. The Bertz CT molecular complexity index is 1110. The predicted molar refractivity (Wildman–Crippen MR) is 104 cm³/mol. The second kappa shape index (κ2) is 6.76. The average Bonchev–Trinajstić information content (AvgIpc) is 3.60. The highest BCUT2D eigenvalue weighted by atomic mass is 32.2. The molecule has 2 aromatic rings. The highest BCUT2D eigenvalue weighted by molar-refractivity contribution is 7.90. The topological polar surface area (TPSA) is 143 Å². The molecule has 0 unspecified atom stereocenters. The number of anilines is 3. The van der Waals surface area contributed by atoms with E-state index in [4.69, 9.17) is 0 Å². The van der Waals surface area contributed by atoms with Crippen LogP contribution in [0, 0.1) is 11.3 Å². The summed E-state index contributed by atoms with van der Waals surface area (Å²) in [5.74, 6) is -0.430. The van der Waals surface area contributed by atoms with Gasteiger partial charge in [-0.25, -0.2) is 13.4 Å². The largest absolute Gasteiger partial charge is 0.354 e. The second-order valence-corrected chi connectivity index (χ2v) is 9.41. The third kappa shape index (κ3) is 3.77. The predicted octanol–water partition coefficient (Wildman–Crippen LogP) is 1.12. The van der Waals surface area contributed by atoms with Gasteiger partial charge in [-0.3, -0.25) is 9.59 Å². The lowest BCUT2D eigenvalue weighted by Crippen LogP contribution is -2.23. The zero-order valence-electron chi connectivity index (χ0n) is 15.9. The van der Waals surface area contributed by atoms with Gasteiger partial charge < -0.3 is 16.0 Å². The number of nitrogens with zero attached hydrogens (tertiary/aromatic N) is 3. The molecule has 2 amide bonds. The van der Waals surface area contributed by atoms with E-state index >= 15 is 0 Å². The maximum atomic E-state index is 12.4. The molecule has 2 aliphatic carbocycles. The van der Waals surface area contributed by atoms with Crippen LogP contribution in [0.25, 0.3) is 0 Å². The van der Waals surface area contributed by atoms with Crippen LogP contribution in [-0.4, -0.2) is 48.7 Å². The molecular weight excluding hydrogens is 396 g/mol. The van der Waals surface area contributed by atoms with Gasteiger partial charge in [0.15, 0.2) is 21.3 Å². The standard InChI is InChI=1S/C18H20N6O4S/c1-19-17(26)14-11(21-15-12(29(2,27)28)4-3-7-20-15)8-13(23-24-14)22-16(25)10-9-18(10)5-6-18/h3-4,7-8,10H,5-6,9H2,1-2H3,(H,19,26)(H2,20,21,22,23,25)/t10-/m0/s1. The number of hydrogen-bond acceptors (Lipinski definition) is 8. The van der Waals surface area contributed by atoms with E-state index in [2.05, 4.69) is 31.1 Å². The number of sulfone groups is 1. The van der Waals surface area contributed by atoms with Crippen molar-refractivity contribution < 1.29 is 18.0 Å². The number of rotatable bonds is 6. The van der Waals surface area contributed by atoms with Gasteiger partial charge in [0.2, 0.25) is 5.91 Å². The maximum Gasteiger partial charge on any atom is 0.273 e. The van der Waals surface area contributed by atoms with Crippen molar-refractivity contribution in [2.24, 2.45) is 11.3 Å². The Morgan fingerprint density at radius 2 is 2.00 bits per heavy atom. The van der Waals surface area contributed by atoms with Gasteiger partial charge in [0, 0.05) is 31.5 Å². The molecule has 2 aliphatic rings. The van der Waals surface area contributed by atoms with Gasteiger partial charge in [-0.1, -0.05) is 0 Å². The van der Waals surface area contributed by atoms with E-state index in [9.17, 15) is 18.0 Å². The molecule has 0 radical (unpaired) electrons. The first-order chi connectivity index (χ1) is 13.7. The number of aromatic nitrogens is 3. The summed E-state index contributed by atoms with van der Waals surface area (Å²) < 4.78 is 24.1. The van der Waals surface area contributed by atoms with E-state index < -0.39 is 15.7 Å². The SMILES string of the molecule is CNC(=O)c1nnc(NC(=O)[C@@H]2CC23CC3)cc1Nc1ncccc1S(C)(=O)=O. The lowest BCUT2D eigenvalue weighted by Gasteiger charge is -2.13. The normalized spacial score (nSPS) is 18.8. The minimum atomic E-state index is -3.56. The molecule has 0 bridgehead atoms. The summed E-state index contributed by atoms with van der Waals surface area (Å²) in [6, 6.07) is 4.35. The van der Waals surface area contributed by atoms with Gasteiger partial charge in [0.05, 0.1) is 5.69 Å². The maximum absolute atomic E-state index is 12.4. The van der Waals surface area contributed by atoms with Gasteiger partial charge >= 0.3 is 0 Å². The molecule has 10 nitrogen and oxygen atoms in total. The first kappa shape index (κ1) is 19.2. The Morgan fingerprint density at radius 1 is 1.24 bits per heavy atom. The summed E-state index contributed by atoms with van der Waals surface area (Å²) in [5, 5.41) is 15.9. The van der Waals surface area contributed by atoms with Crippen LogP contribution in [0.15, 0.2) is 29.3 Å². The number of carbonyl (C=O) groups excluding carboxylic acids is 2. The number of carbonyl (C=O) groups is 2. The van der Waals surface area contributed by atoms with Gasteiger partial charge in [-0.2, -0.15) is 0 Å². The van der Waals surface area contributed by atoms with E-state index in [1.165, 1.54) is 31.4 Å². The molecule has 2 heterocycles. The molecular formula is C18H20N6O4S. The minimum Gasteiger partial charge on any atom is -0.354 e. The molecule has 4 rings (SSSR count). The molecule has 2 saturated carbocycles. The van der Waals surface area contributed by atoms with Crippen molar-refractivity contribution in [3.05, 3.63) is 30.1 Å². The number of nitrogens with one attached hydrogen (secondary N) is 3. The minimum absolute atomic E-state index is 0.00745. The number of hydrogen-bond donors (Lipinski definition) is 3. The van der Waals surface area contributed by atoms with Gasteiger partial charge in [-0.05, 0) is 36.8 Å². The first-order valence-electron chi connectivity index (χ1n) is 9.06. The fraction of sp³-hybridized carbons (Fsp3) is 0.389. The molecule has 2 fully saturated rings. The van der Waals surface area contributed by atoms with Crippen molar-refractivity contribution in [1.29, 1.82) is 0 Å².